The lowest BCUT2D eigenvalue weighted by atomic mass is 9.96. The number of carbonyl (C=O) groups is 5. The van der Waals surface area contributed by atoms with Gasteiger partial charge in [0.2, 0.25) is 0 Å². The number of esters is 5. The number of hydrogen-bond acceptors (Lipinski definition) is 16. The first-order valence-electron chi connectivity index (χ1n) is 14.5. The van der Waals surface area contributed by atoms with E-state index in [9.17, 15) is 24.0 Å². The molecule has 3 aliphatic rings. The molecule has 11 atom stereocenters. The van der Waals surface area contributed by atoms with Crippen molar-refractivity contribution in [3.05, 3.63) is 35.9 Å². The summed E-state index contributed by atoms with van der Waals surface area (Å²) < 4.78 is 62.9. The van der Waals surface area contributed by atoms with Crippen molar-refractivity contribution in [1.82, 2.24) is 0 Å². The van der Waals surface area contributed by atoms with Crippen LogP contribution in [0.3, 0.4) is 0 Å². The third kappa shape index (κ3) is 8.77. The van der Waals surface area contributed by atoms with Crippen molar-refractivity contribution < 1.29 is 76.1 Å². The largest absolute Gasteiger partial charge is 0.456 e. The maximum Gasteiger partial charge on any atom is 0.303 e. The summed E-state index contributed by atoms with van der Waals surface area (Å²) in [5.41, 5.74) is 0.706. The number of hydrogen-bond donors (Lipinski definition) is 0. The Morgan fingerprint density at radius 1 is 0.652 bits per heavy atom. The summed E-state index contributed by atoms with van der Waals surface area (Å²) in [7, 11) is 1.27. The second-order valence-electron chi connectivity index (χ2n) is 10.7. The van der Waals surface area contributed by atoms with Gasteiger partial charge >= 0.3 is 29.8 Å². The fraction of sp³-hybridized carbons (Fsp3) is 0.633. The zero-order chi connectivity index (χ0) is 33.5. The van der Waals surface area contributed by atoms with Gasteiger partial charge in [-0.05, 0) is 0 Å². The molecule has 3 heterocycles. The average molecular weight is 655 g/mol. The van der Waals surface area contributed by atoms with Gasteiger partial charge in [-0.25, -0.2) is 0 Å². The van der Waals surface area contributed by atoms with E-state index in [2.05, 4.69) is 0 Å². The average Bonchev–Trinajstić information content (AvgIpc) is 2.98. The number of fused-ring (bicyclic) bond motifs is 1. The molecule has 3 fully saturated rings. The van der Waals surface area contributed by atoms with Crippen LogP contribution >= 0.6 is 0 Å². The minimum Gasteiger partial charge on any atom is -0.456 e. The first-order valence-corrected chi connectivity index (χ1v) is 14.5. The summed E-state index contributed by atoms with van der Waals surface area (Å²) >= 11 is 0. The first-order chi connectivity index (χ1) is 21.9. The van der Waals surface area contributed by atoms with E-state index < -0.39 is 104 Å². The molecule has 11 unspecified atom stereocenters. The second-order valence-corrected chi connectivity index (χ2v) is 10.7. The van der Waals surface area contributed by atoms with Crippen molar-refractivity contribution in [3.8, 4) is 0 Å². The first kappa shape index (κ1) is 35.2. The maximum atomic E-state index is 12.2. The predicted molar refractivity (Wildman–Crippen MR) is 148 cm³/mol. The van der Waals surface area contributed by atoms with Crippen LogP contribution in [0.1, 0.15) is 46.5 Å². The standard InChI is InChI=1S/C30H38O16/c1-14(31)39-22-20(44-29(36-6)26(42-17(4)34)24(22)40-15(2)32)13-38-30-27(43-18(5)35)25(41-16(3)33)23-21(45-30)12-37-28(46-23)19-10-8-7-9-11-19/h7-11,20-30H,12-13H2,1-6H3. The normalized spacial score (nSPS) is 33.9. The molecule has 16 nitrogen and oxygen atoms in total. The van der Waals surface area contributed by atoms with Crippen molar-refractivity contribution in [2.45, 2.75) is 102 Å². The summed E-state index contributed by atoms with van der Waals surface area (Å²) in [6.45, 7) is 5.31. The fourth-order valence-corrected chi connectivity index (χ4v) is 5.47. The molecular weight excluding hydrogens is 616 g/mol. The van der Waals surface area contributed by atoms with E-state index in [-0.39, 0.29) is 6.61 Å². The molecule has 0 bridgehead atoms. The van der Waals surface area contributed by atoms with Crippen LogP contribution in [0.4, 0.5) is 0 Å². The van der Waals surface area contributed by atoms with Crippen LogP contribution in [0.25, 0.3) is 0 Å². The van der Waals surface area contributed by atoms with E-state index in [4.69, 9.17) is 52.1 Å². The third-order valence-corrected chi connectivity index (χ3v) is 7.11. The van der Waals surface area contributed by atoms with Crippen molar-refractivity contribution >= 4 is 29.8 Å². The Morgan fingerprint density at radius 2 is 1.17 bits per heavy atom. The summed E-state index contributed by atoms with van der Waals surface area (Å²) in [5.74, 6) is -3.66. The van der Waals surface area contributed by atoms with E-state index in [1.165, 1.54) is 14.0 Å². The highest BCUT2D eigenvalue weighted by Gasteiger charge is 2.56. The lowest BCUT2D eigenvalue weighted by molar-refractivity contribution is -0.368. The van der Waals surface area contributed by atoms with Crippen LogP contribution < -0.4 is 0 Å². The van der Waals surface area contributed by atoms with Gasteiger partial charge in [0.15, 0.2) is 49.4 Å². The molecule has 46 heavy (non-hydrogen) atoms. The molecule has 0 amide bonds. The predicted octanol–water partition coefficient (Wildman–Crippen LogP) is 0.872. The number of rotatable bonds is 10. The van der Waals surface area contributed by atoms with Gasteiger partial charge < -0.3 is 52.1 Å². The molecule has 0 N–H and O–H groups in total. The van der Waals surface area contributed by atoms with Gasteiger partial charge in [-0.2, -0.15) is 0 Å². The second kappa shape index (κ2) is 15.8. The van der Waals surface area contributed by atoms with E-state index in [0.29, 0.717) is 5.56 Å². The Labute approximate surface area is 264 Å². The summed E-state index contributed by atoms with van der Waals surface area (Å²) in [6, 6.07) is 9.06. The monoisotopic (exact) mass is 654 g/mol. The SMILES string of the molecule is COC1OC(COC2OC3COC(c4ccccc4)OC3C(OC(C)=O)C2OC(C)=O)C(OC(C)=O)C(OC(C)=O)C1OC(C)=O. The molecular formula is C30H38O16. The highest BCUT2D eigenvalue weighted by Crippen LogP contribution is 2.37. The van der Waals surface area contributed by atoms with E-state index >= 15 is 0 Å². The maximum absolute atomic E-state index is 12.2. The topological polar surface area (TPSA) is 187 Å². The zero-order valence-electron chi connectivity index (χ0n) is 26.2. The lowest BCUT2D eigenvalue weighted by Crippen LogP contribution is -2.65. The van der Waals surface area contributed by atoms with Gasteiger partial charge in [0.25, 0.3) is 0 Å². The van der Waals surface area contributed by atoms with Crippen molar-refractivity contribution in [1.29, 1.82) is 0 Å². The molecule has 3 aliphatic heterocycles. The van der Waals surface area contributed by atoms with Gasteiger partial charge in [-0.1, -0.05) is 30.3 Å². The Hall–Kier alpha value is -3.67. The summed E-state index contributed by atoms with van der Waals surface area (Å²) in [6.07, 6.45) is -13.0. The summed E-state index contributed by atoms with van der Waals surface area (Å²) in [5, 5.41) is 0. The molecule has 0 aliphatic carbocycles. The van der Waals surface area contributed by atoms with Crippen molar-refractivity contribution in [2.24, 2.45) is 0 Å². The van der Waals surface area contributed by atoms with Crippen molar-refractivity contribution in [3.63, 3.8) is 0 Å². The Kier molecular flexibility index (Phi) is 12.0. The molecule has 0 aromatic heterocycles. The van der Waals surface area contributed by atoms with Crippen LogP contribution in [0.2, 0.25) is 0 Å². The summed E-state index contributed by atoms with van der Waals surface area (Å²) in [4.78, 5) is 60.5. The molecule has 16 heteroatoms. The fourth-order valence-electron chi connectivity index (χ4n) is 5.47. The zero-order valence-corrected chi connectivity index (χ0v) is 26.2. The Balaban J connectivity index is 1.61. The van der Waals surface area contributed by atoms with Crippen molar-refractivity contribution in [2.75, 3.05) is 20.3 Å². The van der Waals surface area contributed by atoms with Gasteiger partial charge in [0.05, 0.1) is 13.2 Å². The van der Waals surface area contributed by atoms with Crippen LogP contribution in [0.15, 0.2) is 30.3 Å². The lowest BCUT2D eigenvalue weighted by Gasteiger charge is -2.48. The molecule has 0 radical (unpaired) electrons. The number of methoxy groups -OCH3 is 1. The number of ether oxygens (including phenoxy) is 11. The minimum absolute atomic E-state index is 0.00498. The molecule has 1 aromatic rings. The van der Waals surface area contributed by atoms with Gasteiger partial charge in [-0.3, -0.25) is 24.0 Å². The molecule has 3 saturated heterocycles. The van der Waals surface area contributed by atoms with Gasteiger partial charge in [0.1, 0.15) is 18.3 Å². The smallest absolute Gasteiger partial charge is 0.303 e. The van der Waals surface area contributed by atoms with E-state index in [0.717, 1.165) is 27.7 Å². The van der Waals surface area contributed by atoms with Gasteiger partial charge in [-0.15, -0.1) is 0 Å². The molecule has 0 spiro atoms. The quantitative estimate of drug-likeness (QED) is 0.255. The number of carbonyl (C=O) groups excluding carboxylic acids is 5. The van der Waals surface area contributed by atoms with E-state index in [1.54, 1.807) is 12.1 Å². The number of benzene rings is 1. The Morgan fingerprint density at radius 3 is 1.74 bits per heavy atom. The third-order valence-electron chi connectivity index (χ3n) is 7.11. The van der Waals surface area contributed by atoms with E-state index in [1.807, 2.05) is 18.2 Å². The van der Waals surface area contributed by atoms with Gasteiger partial charge in [0, 0.05) is 47.3 Å². The molecule has 4 rings (SSSR count). The van der Waals surface area contributed by atoms with Crippen LogP contribution in [0.5, 0.6) is 0 Å². The molecule has 254 valence electrons. The van der Waals surface area contributed by atoms with Crippen LogP contribution in [-0.2, 0) is 76.1 Å². The van der Waals surface area contributed by atoms with Crippen LogP contribution in [-0.4, -0.2) is 112 Å². The Bertz CT molecular complexity index is 1240. The molecule has 1 aromatic carbocycles. The molecule has 0 saturated carbocycles. The highest BCUT2D eigenvalue weighted by molar-refractivity contribution is 5.69. The van der Waals surface area contributed by atoms with Crippen LogP contribution in [0, 0.1) is 0 Å². The minimum atomic E-state index is -1.38. The highest BCUT2D eigenvalue weighted by atomic mass is 16.8.